The van der Waals surface area contributed by atoms with Gasteiger partial charge in [-0.25, -0.2) is 0 Å². The average Bonchev–Trinajstić information content (AvgIpc) is 0. The molecule has 0 atom stereocenters. The Balaban J connectivity index is 0. The van der Waals surface area contributed by atoms with Gasteiger partial charge in [-0.15, -0.1) is 0 Å². The predicted molar refractivity (Wildman–Crippen MR) is 38.0 cm³/mol. The van der Waals surface area contributed by atoms with Crippen LogP contribution in [-0.2, 0) is 27.4 Å². The van der Waals surface area contributed by atoms with Gasteiger partial charge in [0.2, 0.25) is 0 Å². The fourth-order valence-corrected chi connectivity index (χ4v) is 0. The molecule has 0 heterocycles. The fourth-order valence-electron chi connectivity index (χ4n) is 0. The van der Waals surface area contributed by atoms with Crippen molar-refractivity contribution in [3.05, 3.63) is 0 Å². The topological polar surface area (TPSA) is 142 Å². The third-order valence-electron chi connectivity index (χ3n) is 0. The zero-order valence-corrected chi connectivity index (χ0v) is 20.0. The van der Waals surface area contributed by atoms with Gasteiger partial charge in [-0.3, -0.25) is 0 Å². The van der Waals surface area contributed by atoms with Crippen LogP contribution >= 0.6 is 0 Å². The van der Waals surface area contributed by atoms with E-state index < -0.39 is 0 Å². The molecule has 0 aromatic rings. The monoisotopic (exact) mass is 496 g/mol. The largest absolute Gasteiger partial charge is 3.00 e. The molecule has 0 aromatic carbocycles. The van der Waals surface area contributed by atoms with E-state index in [1.807, 2.05) is 0 Å². The van der Waals surface area contributed by atoms with E-state index in [1.165, 1.54) is 0 Å². The van der Waals surface area contributed by atoms with E-state index in [1.54, 1.807) is 0 Å². The SMILES string of the molecule is [Ga+3].[Ga+3].[In].[In].[Mg+2].[Mg+2].[O-2].[O-2].[O-2].[O-2].[O-2]. The van der Waals surface area contributed by atoms with Crippen molar-refractivity contribution in [2.75, 3.05) is 0 Å². The van der Waals surface area contributed by atoms with Gasteiger partial charge in [-0.2, -0.15) is 0 Å². The molecule has 11 heteroatoms. The molecule has 46 valence electrons. The maximum atomic E-state index is 0. The Morgan fingerprint density at radius 3 is 0.364 bits per heavy atom. The van der Waals surface area contributed by atoms with Crippen molar-refractivity contribution in [2.24, 2.45) is 0 Å². The zero-order chi connectivity index (χ0) is 0. The maximum Gasteiger partial charge on any atom is 3.00 e. The number of hydrogen-bond acceptors (Lipinski definition) is 0. The predicted octanol–water partition coefficient (Wildman–Crippen LogP) is -2.88. The summed E-state index contributed by atoms with van der Waals surface area (Å²) in [5.74, 6) is 0. The molecule has 0 saturated carbocycles. The van der Waals surface area contributed by atoms with Gasteiger partial charge in [0.15, 0.2) is 0 Å². The second-order valence-corrected chi connectivity index (χ2v) is 0. The standard InChI is InChI=1S/2Ga.2In.2Mg.5O/q2*+3;;;2*+2;5*-2. The molecule has 0 aliphatic carbocycles. The minimum atomic E-state index is 0. The third kappa shape index (κ3) is 116. The number of hydrogen-bond donors (Lipinski definition) is 0. The molecule has 0 spiro atoms. The fraction of sp³-hybridized carbons (Fsp3) is 0. The first-order valence-corrected chi connectivity index (χ1v) is 0. The van der Waals surface area contributed by atoms with Gasteiger partial charge < -0.3 is 27.4 Å². The van der Waals surface area contributed by atoms with E-state index in [2.05, 4.69) is 0 Å². The van der Waals surface area contributed by atoms with E-state index in [4.69, 9.17) is 0 Å². The molecule has 0 bridgehead atoms. The van der Waals surface area contributed by atoms with Crippen LogP contribution in [0.15, 0.2) is 0 Å². The molecule has 5 nitrogen and oxygen atoms in total. The van der Waals surface area contributed by atoms with Gasteiger partial charge in [0.25, 0.3) is 0 Å². The summed E-state index contributed by atoms with van der Waals surface area (Å²) in [6, 6.07) is 0. The van der Waals surface area contributed by atoms with Gasteiger partial charge in [0.05, 0.1) is 0 Å². The maximum absolute atomic E-state index is 0. The molecule has 0 rings (SSSR count). The molecule has 6 radical (unpaired) electrons. The first kappa shape index (κ1) is 167. The summed E-state index contributed by atoms with van der Waals surface area (Å²) in [6.07, 6.45) is 0. The Kier molecular flexibility index (Phi) is 2060. The van der Waals surface area contributed by atoms with Crippen molar-refractivity contribution in [1.82, 2.24) is 0 Å². The van der Waals surface area contributed by atoms with Crippen molar-refractivity contribution in [3.63, 3.8) is 0 Å². The van der Waals surface area contributed by atoms with Crippen LogP contribution in [0, 0.1) is 0 Å². The van der Waals surface area contributed by atoms with Crippen LogP contribution in [-0.4, -0.2) is 137 Å². The molecule has 0 unspecified atom stereocenters. The van der Waals surface area contributed by atoms with Crippen molar-refractivity contribution in [3.8, 4) is 0 Å². The summed E-state index contributed by atoms with van der Waals surface area (Å²) in [6.45, 7) is 0. The molecule has 0 fully saturated rings. The first-order valence-electron chi connectivity index (χ1n) is 0. The van der Waals surface area contributed by atoms with Crippen LogP contribution < -0.4 is 0 Å². The second kappa shape index (κ2) is 135. The second-order valence-electron chi connectivity index (χ2n) is 0. The summed E-state index contributed by atoms with van der Waals surface area (Å²) < 4.78 is 0. The molecule has 11 heavy (non-hydrogen) atoms. The molecular weight excluding hydrogens is 498 g/mol. The van der Waals surface area contributed by atoms with Crippen LogP contribution in [0.2, 0.25) is 0 Å². The summed E-state index contributed by atoms with van der Waals surface area (Å²) in [5.41, 5.74) is 0. The van der Waals surface area contributed by atoms with Crippen LogP contribution in [0.25, 0.3) is 0 Å². The van der Waals surface area contributed by atoms with E-state index in [-0.39, 0.29) is 165 Å². The van der Waals surface area contributed by atoms with Crippen molar-refractivity contribution >= 4 is 137 Å². The molecule has 0 aliphatic rings. The summed E-state index contributed by atoms with van der Waals surface area (Å²) in [5, 5.41) is 0. The Morgan fingerprint density at radius 1 is 0.364 bits per heavy atom. The van der Waals surface area contributed by atoms with E-state index >= 15 is 0 Å². The molecule has 0 aliphatic heterocycles. The van der Waals surface area contributed by atoms with Crippen LogP contribution in [0.1, 0.15) is 0 Å². The van der Waals surface area contributed by atoms with Crippen LogP contribution in [0.3, 0.4) is 0 Å². The van der Waals surface area contributed by atoms with Crippen molar-refractivity contribution < 1.29 is 27.4 Å². The van der Waals surface area contributed by atoms with Gasteiger partial charge in [-0.05, 0) is 0 Å². The Bertz CT molecular complexity index is 20.4. The molecule has 0 aromatic heterocycles. The average molecular weight is 498 g/mol. The summed E-state index contributed by atoms with van der Waals surface area (Å²) in [4.78, 5) is 0. The van der Waals surface area contributed by atoms with Gasteiger partial charge in [0, 0.05) is 51.7 Å². The Morgan fingerprint density at radius 2 is 0.364 bits per heavy atom. The minimum Gasteiger partial charge on any atom is -2.00 e. The molecular formula is Ga2In2Mg2O5. The van der Waals surface area contributed by atoms with Crippen LogP contribution in [0.5, 0.6) is 0 Å². The van der Waals surface area contributed by atoms with Gasteiger partial charge >= 0.3 is 85.7 Å². The summed E-state index contributed by atoms with van der Waals surface area (Å²) in [7, 11) is 0. The first-order chi connectivity index (χ1) is 0. The normalized spacial score (nSPS) is 0. The van der Waals surface area contributed by atoms with E-state index in [0.29, 0.717) is 0 Å². The van der Waals surface area contributed by atoms with Gasteiger partial charge in [0.1, 0.15) is 0 Å². The van der Waals surface area contributed by atoms with E-state index in [0.717, 1.165) is 0 Å². The molecule has 0 amide bonds. The zero-order valence-electron chi connectivity index (χ0n) is 5.76. The Hall–Kier alpha value is 4.35. The minimum absolute atomic E-state index is 0. The molecule has 0 N–H and O–H groups in total. The van der Waals surface area contributed by atoms with Crippen LogP contribution in [0.4, 0.5) is 0 Å². The quantitative estimate of drug-likeness (QED) is 0.317. The Labute approximate surface area is 161 Å². The summed E-state index contributed by atoms with van der Waals surface area (Å²) >= 11 is 0. The smallest absolute Gasteiger partial charge is 2.00 e. The van der Waals surface area contributed by atoms with Gasteiger partial charge in [-0.1, -0.05) is 0 Å². The van der Waals surface area contributed by atoms with E-state index in [9.17, 15) is 0 Å². The van der Waals surface area contributed by atoms with Crippen molar-refractivity contribution in [1.29, 1.82) is 0 Å². The van der Waals surface area contributed by atoms with Crippen molar-refractivity contribution in [2.45, 2.75) is 0 Å². The number of rotatable bonds is 0. The third-order valence-corrected chi connectivity index (χ3v) is 0. The molecule has 0 saturated heterocycles.